The summed E-state index contributed by atoms with van der Waals surface area (Å²) in [5, 5.41) is 4.55. The second kappa shape index (κ2) is 6.47. The maximum atomic E-state index is 12.1. The molecule has 3 rings (SSSR count). The predicted octanol–water partition coefficient (Wildman–Crippen LogP) is 1.88. The van der Waals surface area contributed by atoms with Crippen LogP contribution in [-0.2, 0) is 4.74 Å². The number of amides is 1. The monoisotopic (exact) mass is 307 g/mol. The van der Waals surface area contributed by atoms with Crippen molar-refractivity contribution in [3.05, 3.63) is 35.0 Å². The Morgan fingerprint density at radius 2 is 2.14 bits per heavy atom. The number of H-pyrrole nitrogens is 1. The van der Waals surface area contributed by atoms with E-state index in [2.05, 4.69) is 15.2 Å². The van der Waals surface area contributed by atoms with Gasteiger partial charge in [-0.25, -0.2) is 0 Å². The van der Waals surface area contributed by atoms with E-state index in [1.807, 2.05) is 18.2 Å². The van der Waals surface area contributed by atoms with E-state index in [1.165, 1.54) is 0 Å². The van der Waals surface area contributed by atoms with E-state index < -0.39 is 0 Å². The van der Waals surface area contributed by atoms with Gasteiger partial charge < -0.3 is 15.0 Å². The Morgan fingerprint density at radius 1 is 1.33 bits per heavy atom. The number of aromatic amines is 1. The van der Waals surface area contributed by atoms with Crippen LogP contribution in [0.1, 0.15) is 10.5 Å². The maximum absolute atomic E-state index is 12.1. The number of fused-ring (bicyclic) bond motifs is 1. The van der Waals surface area contributed by atoms with Crippen LogP contribution in [0, 0.1) is 0 Å². The normalized spacial score (nSPS) is 16.2. The number of halogens is 1. The summed E-state index contributed by atoms with van der Waals surface area (Å²) < 4.78 is 5.29. The van der Waals surface area contributed by atoms with E-state index in [-0.39, 0.29) is 5.91 Å². The Morgan fingerprint density at radius 3 is 2.95 bits per heavy atom. The highest BCUT2D eigenvalue weighted by Gasteiger charge is 2.12. The van der Waals surface area contributed by atoms with Crippen molar-refractivity contribution in [2.75, 3.05) is 39.4 Å². The Kier molecular flexibility index (Phi) is 4.43. The van der Waals surface area contributed by atoms with E-state index >= 15 is 0 Å². The van der Waals surface area contributed by atoms with Crippen LogP contribution in [0.4, 0.5) is 0 Å². The van der Waals surface area contributed by atoms with Gasteiger partial charge in [0.05, 0.1) is 13.2 Å². The molecule has 1 saturated heterocycles. The molecule has 2 N–H and O–H groups in total. The minimum Gasteiger partial charge on any atom is -0.379 e. The van der Waals surface area contributed by atoms with Crippen molar-refractivity contribution in [3.63, 3.8) is 0 Å². The predicted molar refractivity (Wildman–Crippen MR) is 82.9 cm³/mol. The number of benzene rings is 1. The smallest absolute Gasteiger partial charge is 0.267 e. The van der Waals surface area contributed by atoms with E-state index in [1.54, 1.807) is 6.07 Å². The van der Waals surface area contributed by atoms with Crippen LogP contribution in [-0.4, -0.2) is 55.2 Å². The first-order valence-corrected chi connectivity index (χ1v) is 7.47. The summed E-state index contributed by atoms with van der Waals surface area (Å²) in [5.74, 6) is -0.0874. The zero-order valence-corrected chi connectivity index (χ0v) is 12.4. The van der Waals surface area contributed by atoms with Crippen molar-refractivity contribution in [2.24, 2.45) is 0 Å². The summed E-state index contributed by atoms with van der Waals surface area (Å²) in [7, 11) is 0. The SMILES string of the molecule is O=C(NCCN1CCOCC1)c1cc2cc(Cl)ccc2[nH]1. The molecule has 2 heterocycles. The third-order valence-electron chi connectivity index (χ3n) is 3.64. The maximum Gasteiger partial charge on any atom is 0.267 e. The molecule has 0 bridgehead atoms. The van der Waals surface area contributed by atoms with Crippen molar-refractivity contribution in [1.82, 2.24) is 15.2 Å². The van der Waals surface area contributed by atoms with Crippen molar-refractivity contribution in [3.8, 4) is 0 Å². The molecule has 21 heavy (non-hydrogen) atoms. The summed E-state index contributed by atoms with van der Waals surface area (Å²) in [4.78, 5) is 17.5. The highest BCUT2D eigenvalue weighted by Crippen LogP contribution is 2.19. The molecule has 1 aliphatic rings. The first-order valence-electron chi connectivity index (χ1n) is 7.09. The summed E-state index contributed by atoms with van der Waals surface area (Å²) >= 11 is 5.95. The Labute approximate surface area is 128 Å². The molecule has 0 atom stereocenters. The van der Waals surface area contributed by atoms with Crippen LogP contribution < -0.4 is 5.32 Å². The Hall–Kier alpha value is -1.56. The number of nitrogens with one attached hydrogen (secondary N) is 2. The fraction of sp³-hybridized carbons (Fsp3) is 0.400. The number of carbonyl (C=O) groups excluding carboxylic acids is 1. The highest BCUT2D eigenvalue weighted by atomic mass is 35.5. The third-order valence-corrected chi connectivity index (χ3v) is 3.88. The molecule has 1 aliphatic heterocycles. The number of aromatic nitrogens is 1. The minimum atomic E-state index is -0.0874. The van der Waals surface area contributed by atoms with Gasteiger partial charge in [-0.2, -0.15) is 0 Å². The second-order valence-corrected chi connectivity index (χ2v) is 5.56. The standard InChI is InChI=1S/C15H18ClN3O2/c16-12-1-2-13-11(9-12)10-14(18-13)15(20)17-3-4-19-5-7-21-8-6-19/h1-2,9-10,18H,3-8H2,(H,17,20). The average Bonchev–Trinajstić information content (AvgIpc) is 2.91. The van der Waals surface area contributed by atoms with E-state index in [4.69, 9.17) is 16.3 Å². The molecule has 0 saturated carbocycles. The van der Waals surface area contributed by atoms with Gasteiger partial charge in [-0.1, -0.05) is 11.6 Å². The van der Waals surface area contributed by atoms with Crippen molar-refractivity contribution in [2.45, 2.75) is 0 Å². The summed E-state index contributed by atoms with van der Waals surface area (Å²) in [6.45, 7) is 4.89. The molecular weight excluding hydrogens is 290 g/mol. The Bertz CT molecular complexity index is 635. The highest BCUT2D eigenvalue weighted by molar-refractivity contribution is 6.31. The van der Waals surface area contributed by atoms with Crippen molar-refractivity contribution in [1.29, 1.82) is 0 Å². The summed E-state index contributed by atoms with van der Waals surface area (Å²) in [6.07, 6.45) is 0. The van der Waals surface area contributed by atoms with Gasteiger partial charge in [-0.15, -0.1) is 0 Å². The van der Waals surface area contributed by atoms with Crippen LogP contribution in [0.15, 0.2) is 24.3 Å². The van der Waals surface area contributed by atoms with Crippen LogP contribution in [0.3, 0.4) is 0 Å². The van der Waals surface area contributed by atoms with Gasteiger partial charge in [0.25, 0.3) is 5.91 Å². The first-order chi connectivity index (χ1) is 10.2. The van der Waals surface area contributed by atoms with Gasteiger partial charge >= 0.3 is 0 Å². The van der Waals surface area contributed by atoms with Gasteiger partial charge in [-0.3, -0.25) is 9.69 Å². The van der Waals surface area contributed by atoms with Crippen LogP contribution >= 0.6 is 11.6 Å². The molecular formula is C15H18ClN3O2. The molecule has 2 aromatic rings. The molecule has 1 aromatic heterocycles. The van der Waals surface area contributed by atoms with Crippen molar-refractivity contribution < 1.29 is 9.53 Å². The van der Waals surface area contributed by atoms with Crippen LogP contribution in [0.2, 0.25) is 5.02 Å². The fourth-order valence-corrected chi connectivity index (χ4v) is 2.65. The molecule has 0 aliphatic carbocycles. The molecule has 0 unspecified atom stereocenters. The van der Waals surface area contributed by atoms with Gasteiger partial charge in [0.2, 0.25) is 0 Å². The molecule has 6 heteroatoms. The molecule has 1 fully saturated rings. The number of hydrogen-bond acceptors (Lipinski definition) is 3. The average molecular weight is 308 g/mol. The number of rotatable bonds is 4. The zero-order valence-electron chi connectivity index (χ0n) is 11.7. The lowest BCUT2D eigenvalue weighted by Gasteiger charge is -2.26. The third kappa shape index (κ3) is 3.56. The number of nitrogens with zero attached hydrogens (tertiary/aromatic N) is 1. The van der Waals surface area contributed by atoms with Gasteiger partial charge in [0.15, 0.2) is 0 Å². The lowest BCUT2D eigenvalue weighted by molar-refractivity contribution is 0.0383. The summed E-state index contributed by atoms with van der Waals surface area (Å²) in [5.41, 5.74) is 1.48. The largest absolute Gasteiger partial charge is 0.379 e. The number of ether oxygens (including phenoxy) is 1. The number of morpholine rings is 1. The molecule has 1 aromatic carbocycles. The van der Waals surface area contributed by atoms with Crippen molar-refractivity contribution >= 4 is 28.4 Å². The van der Waals surface area contributed by atoms with E-state index in [0.717, 1.165) is 43.8 Å². The van der Waals surface area contributed by atoms with E-state index in [0.29, 0.717) is 17.3 Å². The summed E-state index contributed by atoms with van der Waals surface area (Å²) in [6, 6.07) is 7.35. The number of hydrogen-bond donors (Lipinski definition) is 2. The lowest BCUT2D eigenvalue weighted by atomic mass is 10.2. The quantitative estimate of drug-likeness (QED) is 0.907. The first kappa shape index (κ1) is 14.4. The Balaban J connectivity index is 1.56. The molecule has 0 radical (unpaired) electrons. The molecule has 1 amide bonds. The molecule has 0 spiro atoms. The lowest BCUT2D eigenvalue weighted by Crippen LogP contribution is -2.41. The molecule has 5 nitrogen and oxygen atoms in total. The van der Waals surface area contributed by atoms with Gasteiger partial charge in [-0.05, 0) is 24.3 Å². The van der Waals surface area contributed by atoms with Gasteiger partial charge in [0, 0.05) is 42.1 Å². The topological polar surface area (TPSA) is 57.4 Å². The number of carbonyl (C=O) groups is 1. The fourth-order valence-electron chi connectivity index (χ4n) is 2.47. The minimum absolute atomic E-state index is 0.0874. The van der Waals surface area contributed by atoms with E-state index in [9.17, 15) is 4.79 Å². The van der Waals surface area contributed by atoms with Crippen LogP contribution in [0.25, 0.3) is 10.9 Å². The van der Waals surface area contributed by atoms with Crippen LogP contribution in [0.5, 0.6) is 0 Å². The second-order valence-electron chi connectivity index (χ2n) is 5.12. The zero-order chi connectivity index (χ0) is 14.7. The molecule has 112 valence electrons. The van der Waals surface area contributed by atoms with Gasteiger partial charge in [0.1, 0.15) is 5.69 Å².